The number of rotatable bonds is 7. The lowest BCUT2D eigenvalue weighted by Crippen LogP contribution is -2.31. The van der Waals surface area contributed by atoms with E-state index in [1.165, 1.54) is 12.1 Å². The lowest BCUT2D eigenvalue weighted by molar-refractivity contribution is 0.0695. The smallest absolute Gasteiger partial charge is 0.335 e. The second-order valence-electron chi connectivity index (χ2n) is 9.93. The predicted octanol–water partition coefficient (Wildman–Crippen LogP) is 2.03. The minimum Gasteiger partial charge on any atom is -0.478 e. The Morgan fingerprint density at radius 3 is 2.64 bits per heavy atom. The number of hydrogen-bond acceptors (Lipinski definition) is 9. The molecule has 1 aliphatic carbocycles. The molecule has 2 aromatic carbocycles. The summed E-state index contributed by atoms with van der Waals surface area (Å²) in [6.45, 7) is 3.63. The summed E-state index contributed by atoms with van der Waals surface area (Å²) >= 11 is 0. The fraction of sp³-hybridized carbons (Fsp3) is 0.214. The number of carboxylic acids is 1. The number of carbonyl (C=O) groups excluding carboxylic acids is 3. The van der Waals surface area contributed by atoms with E-state index < -0.39 is 29.7 Å². The van der Waals surface area contributed by atoms with Crippen molar-refractivity contribution < 1.29 is 28.7 Å². The summed E-state index contributed by atoms with van der Waals surface area (Å²) in [7, 11) is 0. The first-order chi connectivity index (χ1) is 20.1. The quantitative estimate of drug-likeness (QED) is 0.224. The SMILES string of the molecule is Cc1nc2cc(CNC(=O)c3cc(C(=O)N[C@H]4CCc5c4ccc(C(=O)O)c5C)n4nc(C(N)=O)nc4n3)ccc2o1. The van der Waals surface area contributed by atoms with Crippen molar-refractivity contribution >= 4 is 40.6 Å². The number of primary amides is 1. The van der Waals surface area contributed by atoms with Gasteiger partial charge in [-0.25, -0.2) is 14.8 Å². The van der Waals surface area contributed by atoms with Gasteiger partial charge in [-0.1, -0.05) is 12.1 Å². The fourth-order valence-electron chi connectivity index (χ4n) is 5.22. The van der Waals surface area contributed by atoms with E-state index >= 15 is 0 Å². The van der Waals surface area contributed by atoms with Gasteiger partial charge in [0.05, 0.1) is 11.6 Å². The van der Waals surface area contributed by atoms with Gasteiger partial charge in [0.1, 0.15) is 16.9 Å². The van der Waals surface area contributed by atoms with Crippen LogP contribution in [0.1, 0.15) is 82.6 Å². The van der Waals surface area contributed by atoms with Crippen molar-refractivity contribution in [3.05, 3.63) is 87.3 Å². The van der Waals surface area contributed by atoms with Crippen molar-refractivity contribution in [1.29, 1.82) is 0 Å². The monoisotopic (exact) mass is 568 g/mol. The molecule has 1 atom stereocenters. The van der Waals surface area contributed by atoms with Crippen LogP contribution in [0.4, 0.5) is 0 Å². The maximum absolute atomic E-state index is 13.6. The normalized spacial score (nSPS) is 14.2. The molecule has 212 valence electrons. The van der Waals surface area contributed by atoms with E-state index in [9.17, 15) is 24.3 Å². The van der Waals surface area contributed by atoms with Gasteiger partial charge in [0.25, 0.3) is 23.5 Å². The summed E-state index contributed by atoms with van der Waals surface area (Å²) in [5.41, 5.74) is 9.74. The molecule has 0 saturated carbocycles. The first-order valence-corrected chi connectivity index (χ1v) is 13.0. The third-order valence-electron chi connectivity index (χ3n) is 7.24. The minimum absolute atomic E-state index is 0.0861. The summed E-state index contributed by atoms with van der Waals surface area (Å²) in [5.74, 6) is -3.12. The van der Waals surface area contributed by atoms with Gasteiger partial charge < -0.3 is 25.9 Å². The zero-order valence-corrected chi connectivity index (χ0v) is 22.5. The zero-order valence-electron chi connectivity index (χ0n) is 22.5. The molecule has 0 saturated heterocycles. The lowest BCUT2D eigenvalue weighted by Gasteiger charge is -2.16. The molecule has 6 rings (SSSR count). The van der Waals surface area contributed by atoms with E-state index in [2.05, 4.69) is 30.7 Å². The standard InChI is InChI=1S/C28H24N8O6/c1-12-15-6-7-18(17(15)5-4-16(12)27(40)41)32-26(39)21-10-20(33-28-34-24(23(29)37)35-36(21)28)25(38)30-11-14-3-8-22-19(9-14)31-13(2)42-22/h3-5,8-10,18H,6-7,11H2,1-2H3,(H2,29,37)(H,30,38)(H,32,39)(H,40,41)/t18-/m0/s1. The highest BCUT2D eigenvalue weighted by Crippen LogP contribution is 2.35. The van der Waals surface area contributed by atoms with Crippen molar-refractivity contribution in [2.24, 2.45) is 5.73 Å². The molecule has 3 aromatic heterocycles. The Balaban J connectivity index is 1.28. The number of carbonyl (C=O) groups is 4. The van der Waals surface area contributed by atoms with Gasteiger partial charge in [0.2, 0.25) is 5.82 Å². The Morgan fingerprint density at radius 1 is 1.07 bits per heavy atom. The number of fused-ring (bicyclic) bond motifs is 3. The van der Waals surface area contributed by atoms with Gasteiger partial charge in [-0.05, 0) is 60.2 Å². The molecule has 5 aromatic rings. The molecule has 14 heteroatoms. The maximum atomic E-state index is 13.6. The van der Waals surface area contributed by atoms with Crippen molar-refractivity contribution in [3.63, 3.8) is 0 Å². The third kappa shape index (κ3) is 4.68. The molecule has 5 N–H and O–H groups in total. The Hall–Kier alpha value is -5.66. The fourth-order valence-corrected chi connectivity index (χ4v) is 5.22. The predicted molar refractivity (Wildman–Crippen MR) is 146 cm³/mol. The molecule has 42 heavy (non-hydrogen) atoms. The number of aromatic nitrogens is 5. The number of hydrogen-bond donors (Lipinski definition) is 4. The summed E-state index contributed by atoms with van der Waals surface area (Å²) in [6, 6.07) is 9.41. The number of oxazole rings is 1. The molecule has 0 radical (unpaired) electrons. The number of aromatic carboxylic acids is 1. The van der Waals surface area contributed by atoms with Gasteiger partial charge in [0.15, 0.2) is 11.5 Å². The average Bonchev–Trinajstić information content (AvgIpc) is 3.67. The van der Waals surface area contributed by atoms with Crippen LogP contribution in [0.3, 0.4) is 0 Å². The third-order valence-corrected chi connectivity index (χ3v) is 7.24. The molecule has 0 spiro atoms. The first-order valence-electron chi connectivity index (χ1n) is 13.0. The second-order valence-corrected chi connectivity index (χ2v) is 9.93. The molecule has 3 amide bonds. The summed E-state index contributed by atoms with van der Waals surface area (Å²) in [4.78, 5) is 62.5. The summed E-state index contributed by atoms with van der Waals surface area (Å²) in [5, 5.41) is 19.2. The Bertz CT molecular complexity index is 1960. The Kier molecular flexibility index (Phi) is 6.37. The Morgan fingerprint density at radius 2 is 1.88 bits per heavy atom. The lowest BCUT2D eigenvalue weighted by atomic mass is 9.98. The topological polar surface area (TPSA) is 208 Å². The largest absolute Gasteiger partial charge is 0.478 e. The van der Waals surface area contributed by atoms with E-state index in [0.29, 0.717) is 35.4 Å². The summed E-state index contributed by atoms with van der Waals surface area (Å²) < 4.78 is 6.54. The molecular formula is C28H24N8O6. The highest BCUT2D eigenvalue weighted by Gasteiger charge is 2.29. The van der Waals surface area contributed by atoms with Gasteiger partial charge >= 0.3 is 5.97 Å². The summed E-state index contributed by atoms with van der Waals surface area (Å²) in [6.07, 6.45) is 1.13. The van der Waals surface area contributed by atoms with E-state index in [4.69, 9.17) is 10.2 Å². The maximum Gasteiger partial charge on any atom is 0.335 e. The van der Waals surface area contributed by atoms with Gasteiger partial charge in [0, 0.05) is 19.5 Å². The number of nitrogens with two attached hydrogens (primary N) is 1. The number of amides is 3. The van der Waals surface area contributed by atoms with Gasteiger partial charge in [-0.15, -0.1) is 5.10 Å². The van der Waals surface area contributed by atoms with E-state index in [0.717, 1.165) is 21.2 Å². The van der Waals surface area contributed by atoms with Crippen LogP contribution < -0.4 is 16.4 Å². The van der Waals surface area contributed by atoms with E-state index in [-0.39, 0.29) is 35.1 Å². The molecule has 3 heterocycles. The highest BCUT2D eigenvalue weighted by molar-refractivity contribution is 5.99. The van der Waals surface area contributed by atoms with Crippen LogP contribution in [0.15, 0.2) is 40.8 Å². The number of carboxylic acid groups (broad SMARTS) is 1. The minimum atomic E-state index is -1.02. The van der Waals surface area contributed by atoms with Crippen LogP contribution >= 0.6 is 0 Å². The molecule has 0 unspecified atom stereocenters. The zero-order chi connectivity index (χ0) is 29.7. The van der Waals surface area contributed by atoms with Gasteiger partial charge in [-0.3, -0.25) is 14.4 Å². The van der Waals surface area contributed by atoms with Crippen LogP contribution in [0, 0.1) is 13.8 Å². The Labute approximate surface area is 237 Å². The van der Waals surface area contributed by atoms with Gasteiger partial charge in [-0.2, -0.15) is 9.50 Å². The molecule has 0 aliphatic heterocycles. The van der Waals surface area contributed by atoms with Crippen molar-refractivity contribution in [2.75, 3.05) is 0 Å². The van der Waals surface area contributed by atoms with Crippen LogP contribution in [-0.4, -0.2) is 53.4 Å². The molecule has 0 fully saturated rings. The van der Waals surface area contributed by atoms with Crippen molar-refractivity contribution in [3.8, 4) is 0 Å². The molecule has 0 bridgehead atoms. The molecule has 14 nitrogen and oxygen atoms in total. The van der Waals surface area contributed by atoms with Crippen LogP contribution in [-0.2, 0) is 13.0 Å². The van der Waals surface area contributed by atoms with E-state index in [1.807, 2.05) is 0 Å². The highest BCUT2D eigenvalue weighted by atomic mass is 16.4. The number of benzene rings is 2. The second kappa shape index (κ2) is 10.1. The van der Waals surface area contributed by atoms with Crippen LogP contribution in [0.25, 0.3) is 16.9 Å². The number of nitrogens with one attached hydrogen (secondary N) is 2. The van der Waals surface area contributed by atoms with Crippen LogP contribution in [0.5, 0.6) is 0 Å². The first kappa shape index (κ1) is 26.6. The number of nitrogens with zero attached hydrogens (tertiary/aromatic N) is 5. The average molecular weight is 569 g/mol. The van der Waals surface area contributed by atoms with Crippen molar-refractivity contribution in [1.82, 2.24) is 35.2 Å². The van der Waals surface area contributed by atoms with Crippen LogP contribution in [0.2, 0.25) is 0 Å². The molecular weight excluding hydrogens is 544 g/mol. The molecule has 1 aliphatic rings. The number of aryl methyl sites for hydroxylation is 1. The van der Waals surface area contributed by atoms with Crippen molar-refractivity contribution in [2.45, 2.75) is 39.3 Å². The van der Waals surface area contributed by atoms with E-state index in [1.54, 1.807) is 38.1 Å².